The van der Waals surface area contributed by atoms with Crippen LogP contribution in [0, 0.1) is 0 Å². The summed E-state index contributed by atoms with van der Waals surface area (Å²) in [6.07, 6.45) is -4.95. The minimum atomic E-state index is -4.81. The van der Waals surface area contributed by atoms with Crippen LogP contribution in [0.5, 0.6) is 0 Å². The molecule has 1 aliphatic heterocycles. The first-order valence-corrected chi connectivity index (χ1v) is 10.1. The third-order valence-corrected chi connectivity index (χ3v) is 5.62. The van der Waals surface area contributed by atoms with Crippen molar-refractivity contribution in [3.8, 4) is 0 Å². The number of carboxylic acid groups (broad SMARTS) is 1. The maximum absolute atomic E-state index is 13.9. The first-order valence-electron chi connectivity index (χ1n) is 10.1. The number of aromatic amines is 1. The average molecular weight is 442 g/mol. The molecule has 11 heteroatoms. The Morgan fingerprint density at radius 2 is 2.00 bits per heavy atom. The number of benzene rings is 1. The van der Waals surface area contributed by atoms with Crippen LogP contribution in [0.1, 0.15) is 49.5 Å². The molecule has 8 nitrogen and oxygen atoms in total. The predicted molar refractivity (Wildman–Crippen MR) is 107 cm³/mol. The van der Waals surface area contributed by atoms with Crippen molar-refractivity contribution in [3.63, 3.8) is 0 Å². The van der Waals surface area contributed by atoms with Crippen LogP contribution in [0.2, 0.25) is 0 Å². The van der Waals surface area contributed by atoms with Crippen molar-refractivity contribution in [2.45, 2.75) is 58.4 Å². The van der Waals surface area contributed by atoms with Crippen LogP contribution in [0.25, 0.3) is 11.0 Å². The summed E-state index contributed by atoms with van der Waals surface area (Å²) in [5, 5.41) is 9.29. The van der Waals surface area contributed by atoms with Gasteiger partial charge in [0.05, 0.1) is 28.2 Å². The van der Waals surface area contributed by atoms with Gasteiger partial charge in [-0.2, -0.15) is 13.2 Å². The van der Waals surface area contributed by atoms with E-state index in [-0.39, 0.29) is 24.1 Å². The van der Waals surface area contributed by atoms with E-state index >= 15 is 0 Å². The van der Waals surface area contributed by atoms with Gasteiger partial charge in [-0.05, 0) is 45.7 Å². The molecule has 0 bridgehead atoms. The van der Waals surface area contributed by atoms with Gasteiger partial charge in [0, 0.05) is 25.7 Å². The highest BCUT2D eigenvalue weighted by atomic mass is 19.4. The highest BCUT2D eigenvalue weighted by molar-refractivity contribution is 5.99. The molecule has 1 atom stereocenters. The summed E-state index contributed by atoms with van der Waals surface area (Å²) in [7, 11) is 0. The van der Waals surface area contributed by atoms with Gasteiger partial charge < -0.3 is 19.9 Å². The molecule has 1 fully saturated rings. The summed E-state index contributed by atoms with van der Waals surface area (Å²) in [4.78, 5) is 41.8. The molecule has 2 amide bonds. The standard InChI is InChI=1S/C20H25F3N4O4/c1-4-26-16-9-14(20(21,22)23)13(8-15(16)24-18(26)29)17(28)27(11(2)3)12-6-5-7-25(10-12)19(30)31/h8-9,11-12H,4-7,10H2,1-3H3,(H,24,29)(H,30,31)/t12-/m1/s1. The van der Waals surface area contributed by atoms with Crippen molar-refractivity contribution in [2.24, 2.45) is 0 Å². The zero-order chi connectivity index (χ0) is 23.1. The van der Waals surface area contributed by atoms with Gasteiger partial charge in [-0.15, -0.1) is 0 Å². The molecule has 2 aromatic rings. The smallest absolute Gasteiger partial charge is 0.417 e. The molecule has 170 valence electrons. The first kappa shape index (κ1) is 22.7. The molecule has 0 unspecified atom stereocenters. The number of aryl methyl sites for hydroxylation is 1. The zero-order valence-corrected chi connectivity index (χ0v) is 17.5. The topological polar surface area (TPSA) is 98.6 Å². The van der Waals surface area contributed by atoms with Gasteiger partial charge >= 0.3 is 18.0 Å². The van der Waals surface area contributed by atoms with Gasteiger partial charge in [0.1, 0.15) is 0 Å². The Morgan fingerprint density at radius 3 is 2.55 bits per heavy atom. The van der Waals surface area contributed by atoms with Crippen LogP contribution < -0.4 is 5.69 Å². The van der Waals surface area contributed by atoms with E-state index in [4.69, 9.17) is 0 Å². The number of amides is 2. The van der Waals surface area contributed by atoms with Crippen molar-refractivity contribution in [1.29, 1.82) is 0 Å². The van der Waals surface area contributed by atoms with Gasteiger partial charge in [0.15, 0.2) is 0 Å². The lowest BCUT2D eigenvalue weighted by atomic mass is 9.99. The van der Waals surface area contributed by atoms with Crippen molar-refractivity contribution >= 4 is 23.0 Å². The minimum Gasteiger partial charge on any atom is -0.465 e. The van der Waals surface area contributed by atoms with Crippen molar-refractivity contribution in [1.82, 2.24) is 19.4 Å². The number of nitrogens with one attached hydrogen (secondary N) is 1. The van der Waals surface area contributed by atoms with Gasteiger partial charge in [-0.3, -0.25) is 9.36 Å². The van der Waals surface area contributed by atoms with Gasteiger partial charge in [-0.1, -0.05) is 0 Å². The fourth-order valence-corrected chi connectivity index (χ4v) is 4.25. The number of carbonyl (C=O) groups excluding carboxylic acids is 1. The number of hydrogen-bond donors (Lipinski definition) is 2. The molecule has 1 aromatic carbocycles. The maximum Gasteiger partial charge on any atom is 0.417 e. The molecule has 2 N–H and O–H groups in total. The van der Waals surface area contributed by atoms with Gasteiger partial charge in [0.2, 0.25) is 0 Å². The fourth-order valence-electron chi connectivity index (χ4n) is 4.25. The van der Waals surface area contributed by atoms with E-state index in [9.17, 15) is 32.7 Å². The monoisotopic (exact) mass is 442 g/mol. The average Bonchev–Trinajstić information content (AvgIpc) is 3.00. The normalized spacial score (nSPS) is 17.4. The minimum absolute atomic E-state index is 0.0336. The lowest BCUT2D eigenvalue weighted by molar-refractivity contribution is -0.138. The van der Waals surface area contributed by atoms with Gasteiger partial charge in [0.25, 0.3) is 5.91 Å². The summed E-state index contributed by atoms with van der Waals surface area (Å²) in [5.74, 6) is -0.841. The highest BCUT2D eigenvalue weighted by Gasteiger charge is 2.40. The maximum atomic E-state index is 13.9. The van der Waals surface area contributed by atoms with Crippen LogP contribution in [0.4, 0.5) is 18.0 Å². The Bertz CT molecular complexity index is 1060. The summed E-state index contributed by atoms with van der Waals surface area (Å²) in [6, 6.07) is 0.893. The second kappa shape index (κ2) is 8.27. The zero-order valence-electron chi connectivity index (χ0n) is 17.5. The van der Waals surface area contributed by atoms with Crippen LogP contribution in [0.15, 0.2) is 16.9 Å². The van der Waals surface area contributed by atoms with Gasteiger partial charge in [-0.25, -0.2) is 9.59 Å². The molecule has 0 spiro atoms. The number of imidazole rings is 1. The van der Waals surface area contributed by atoms with Crippen LogP contribution in [-0.2, 0) is 12.7 Å². The largest absolute Gasteiger partial charge is 0.465 e. The van der Waals surface area contributed by atoms with Crippen LogP contribution >= 0.6 is 0 Å². The van der Waals surface area contributed by atoms with E-state index in [0.29, 0.717) is 19.4 Å². The molecule has 2 heterocycles. The third-order valence-electron chi connectivity index (χ3n) is 5.62. The number of alkyl halides is 3. The molecule has 1 aromatic heterocycles. The molecular weight excluding hydrogens is 417 g/mol. The van der Waals surface area contributed by atoms with Crippen LogP contribution in [-0.4, -0.2) is 61.6 Å². The van der Waals surface area contributed by atoms with Crippen LogP contribution in [0.3, 0.4) is 0 Å². The molecule has 0 saturated carbocycles. The number of fused-ring (bicyclic) bond motifs is 1. The Kier molecular flexibility index (Phi) is 6.06. The van der Waals surface area contributed by atoms with E-state index in [1.807, 2.05) is 0 Å². The first-order chi connectivity index (χ1) is 14.5. The third kappa shape index (κ3) is 4.26. The number of hydrogen-bond acceptors (Lipinski definition) is 3. The number of halogens is 3. The predicted octanol–water partition coefficient (Wildman–Crippen LogP) is 3.36. The lowest BCUT2D eigenvalue weighted by Crippen LogP contribution is -2.54. The highest BCUT2D eigenvalue weighted by Crippen LogP contribution is 2.35. The number of piperidine rings is 1. The second-order valence-corrected chi connectivity index (χ2v) is 7.92. The number of rotatable bonds is 4. The Hall–Kier alpha value is -2.98. The molecule has 3 rings (SSSR count). The number of aromatic nitrogens is 2. The van der Waals surface area contributed by atoms with E-state index in [1.54, 1.807) is 20.8 Å². The SMILES string of the molecule is CCn1c(=O)[nH]c2cc(C(=O)N(C(C)C)[C@@H]3CCCN(C(=O)O)C3)c(C(F)(F)F)cc21. The molecular formula is C20H25F3N4O4. The van der Waals surface area contributed by atoms with Crippen molar-refractivity contribution in [3.05, 3.63) is 33.7 Å². The van der Waals surface area contributed by atoms with E-state index in [2.05, 4.69) is 4.98 Å². The number of H-pyrrole nitrogens is 1. The molecule has 1 saturated heterocycles. The number of carbonyl (C=O) groups is 2. The Morgan fingerprint density at radius 1 is 1.32 bits per heavy atom. The molecule has 0 radical (unpaired) electrons. The lowest BCUT2D eigenvalue weighted by Gasteiger charge is -2.40. The van der Waals surface area contributed by atoms with E-state index < -0.39 is 47.1 Å². The fraction of sp³-hybridized carbons (Fsp3) is 0.550. The quantitative estimate of drug-likeness (QED) is 0.759. The molecule has 1 aliphatic rings. The number of nitrogens with zero attached hydrogens (tertiary/aromatic N) is 3. The van der Waals surface area contributed by atoms with E-state index in [1.165, 1.54) is 14.4 Å². The molecule has 31 heavy (non-hydrogen) atoms. The molecule has 0 aliphatic carbocycles. The summed E-state index contributed by atoms with van der Waals surface area (Å²) in [5.41, 5.74) is -2.03. The summed E-state index contributed by atoms with van der Waals surface area (Å²) < 4.78 is 42.9. The Labute approximate surface area is 176 Å². The summed E-state index contributed by atoms with van der Waals surface area (Å²) in [6.45, 7) is 5.52. The Balaban J connectivity index is 2.12. The van der Waals surface area contributed by atoms with E-state index in [0.717, 1.165) is 12.1 Å². The second-order valence-electron chi connectivity index (χ2n) is 7.92. The van der Waals surface area contributed by atoms with Crippen molar-refractivity contribution in [2.75, 3.05) is 13.1 Å². The number of likely N-dealkylation sites (tertiary alicyclic amines) is 1. The van der Waals surface area contributed by atoms with Crippen molar-refractivity contribution < 1.29 is 27.9 Å². The summed E-state index contributed by atoms with van der Waals surface area (Å²) >= 11 is 0.